The van der Waals surface area contributed by atoms with Gasteiger partial charge < -0.3 is 5.32 Å². The van der Waals surface area contributed by atoms with Crippen LogP contribution >= 0.6 is 34.4 Å². The predicted octanol–water partition coefficient (Wildman–Crippen LogP) is 5.05. The smallest absolute Gasteiger partial charge is 0.263 e. The summed E-state index contributed by atoms with van der Waals surface area (Å²) in [7, 11) is 0. The number of rotatable bonds is 8. The number of benzene rings is 1. The Hall–Kier alpha value is -2.42. The van der Waals surface area contributed by atoms with Crippen molar-refractivity contribution in [3.8, 4) is 10.4 Å². The average molecular weight is 470 g/mol. The van der Waals surface area contributed by atoms with Gasteiger partial charge in [-0.25, -0.2) is 4.98 Å². The van der Waals surface area contributed by atoms with Crippen molar-refractivity contribution >= 4 is 50.6 Å². The minimum absolute atomic E-state index is 0.0451. The number of hydrogen-bond acceptors (Lipinski definition) is 6. The minimum Gasteiger partial charge on any atom is -0.355 e. The number of hydrogen-bond donors (Lipinski definition) is 1. The Labute approximate surface area is 193 Å². The zero-order valence-electron chi connectivity index (χ0n) is 17.3. The molecule has 0 radical (unpaired) electrons. The first-order valence-corrected chi connectivity index (χ1v) is 12.8. The number of carbonyl (C=O) groups excluding carboxylic acids is 1. The van der Waals surface area contributed by atoms with Crippen LogP contribution in [0, 0.1) is 0 Å². The molecule has 4 aromatic rings. The van der Waals surface area contributed by atoms with Crippen molar-refractivity contribution < 1.29 is 4.79 Å². The van der Waals surface area contributed by atoms with Gasteiger partial charge in [0, 0.05) is 28.9 Å². The highest BCUT2D eigenvalue weighted by atomic mass is 32.2. The Bertz CT molecular complexity index is 1230. The molecule has 1 atom stereocenters. The van der Waals surface area contributed by atoms with Gasteiger partial charge in [0.15, 0.2) is 5.16 Å². The number of fused-ring (bicyclic) bond motifs is 1. The molecule has 0 aliphatic heterocycles. The number of nitrogens with one attached hydrogen (secondary N) is 1. The molecule has 1 unspecified atom stereocenters. The van der Waals surface area contributed by atoms with Gasteiger partial charge in [0.1, 0.15) is 4.83 Å². The van der Waals surface area contributed by atoms with Gasteiger partial charge in [-0.2, -0.15) is 0 Å². The fourth-order valence-corrected chi connectivity index (χ4v) is 6.12. The lowest BCUT2D eigenvalue weighted by Gasteiger charge is -2.15. The zero-order chi connectivity index (χ0) is 21.8. The lowest BCUT2D eigenvalue weighted by atomic mass is 10.1. The van der Waals surface area contributed by atoms with E-state index in [2.05, 4.69) is 17.4 Å². The van der Waals surface area contributed by atoms with E-state index in [0.29, 0.717) is 23.6 Å². The summed E-state index contributed by atoms with van der Waals surface area (Å²) in [6, 6.07) is 14.1. The molecule has 0 aliphatic rings. The molecule has 3 aromatic heterocycles. The van der Waals surface area contributed by atoms with Crippen LogP contribution in [0.3, 0.4) is 0 Å². The molecule has 8 heteroatoms. The summed E-state index contributed by atoms with van der Waals surface area (Å²) >= 11 is 4.42. The van der Waals surface area contributed by atoms with Gasteiger partial charge in [0.05, 0.1) is 10.6 Å². The summed E-state index contributed by atoms with van der Waals surface area (Å²) in [6.07, 6.45) is 0.786. The van der Waals surface area contributed by atoms with Crippen LogP contribution in [0.15, 0.2) is 63.2 Å². The summed E-state index contributed by atoms with van der Waals surface area (Å²) in [5.74, 6) is -0.0524. The summed E-state index contributed by atoms with van der Waals surface area (Å²) < 4.78 is 1.67. The third-order valence-corrected chi connectivity index (χ3v) is 7.83. The Morgan fingerprint density at radius 3 is 2.71 bits per heavy atom. The fraction of sp³-hybridized carbons (Fsp3) is 0.261. The molecule has 0 bridgehead atoms. The van der Waals surface area contributed by atoms with E-state index in [1.165, 1.54) is 28.7 Å². The highest BCUT2D eigenvalue weighted by Crippen LogP contribution is 2.35. The van der Waals surface area contributed by atoms with Crippen LogP contribution in [0.5, 0.6) is 0 Å². The molecular formula is C23H23N3O2S3. The van der Waals surface area contributed by atoms with Crippen LogP contribution in [-0.2, 0) is 17.8 Å². The molecule has 1 amide bonds. The molecule has 160 valence electrons. The minimum atomic E-state index is -0.352. The van der Waals surface area contributed by atoms with E-state index in [9.17, 15) is 9.59 Å². The van der Waals surface area contributed by atoms with E-state index in [-0.39, 0.29) is 16.7 Å². The molecular weight excluding hydrogens is 446 g/mol. The Morgan fingerprint density at radius 1 is 1.19 bits per heavy atom. The van der Waals surface area contributed by atoms with E-state index in [0.717, 1.165) is 21.7 Å². The van der Waals surface area contributed by atoms with E-state index in [1.807, 2.05) is 54.9 Å². The van der Waals surface area contributed by atoms with E-state index in [1.54, 1.807) is 15.9 Å². The number of carbonyl (C=O) groups is 1. The maximum absolute atomic E-state index is 13.3. The molecule has 4 rings (SSSR count). The van der Waals surface area contributed by atoms with Crippen molar-refractivity contribution in [1.29, 1.82) is 0 Å². The van der Waals surface area contributed by atoms with Gasteiger partial charge in [0.2, 0.25) is 5.91 Å². The molecule has 0 saturated carbocycles. The van der Waals surface area contributed by atoms with Crippen molar-refractivity contribution in [2.45, 2.75) is 37.2 Å². The molecule has 1 N–H and O–H groups in total. The number of thiophene rings is 2. The van der Waals surface area contributed by atoms with Crippen molar-refractivity contribution in [3.63, 3.8) is 0 Å². The topological polar surface area (TPSA) is 64.0 Å². The first-order chi connectivity index (χ1) is 15.1. The summed E-state index contributed by atoms with van der Waals surface area (Å²) in [6.45, 7) is 4.87. The number of aromatic nitrogens is 2. The first kappa shape index (κ1) is 21.8. The number of thioether (sulfide) groups is 1. The summed E-state index contributed by atoms with van der Waals surface area (Å²) in [4.78, 5) is 32.4. The molecule has 0 aliphatic carbocycles. The van der Waals surface area contributed by atoms with Gasteiger partial charge in [-0.15, -0.1) is 22.7 Å². The van der Waals surface area contributed by atoms with Gasteiger partial charge in [-0.05, 0) is 37.3 Å². The van der Waals surface area contributed by atoms with Crippen LogP contribution in [0.2, 0.25) is 0 Å². The van der Waals surface area contributed by atoms with Crippen molar-refractivity contribution in [1.82, 2.24) is 14.9 Å². The van der Waals surface area contributed by atoms with Crippen LogP contribution < -0.4 is 10.9 Å². The third kappa shape index (κ3) is 4.76. The average Bonchev–Trinajstić information content (AvgIpc) is 3.44. The predicted molar refractivity (Wildman–Crippen MR) is 131 cm³/mol. The highest BCUT2D eigenvalue weighted by molar-refractivity contribution is 8.00. The van der Waals surface area contributed by atoms with Gasteiger partial charge >= 0.3 is 0 Å². The molecule has 31 heavy (non-hydrogen) atoms. The SMILES string of the molecule is CCn1c(SC(C)C(=O)NCCc2ccccc2)nc2scc(-c3cccs3)c2c1=O. The molecule has 0 saturated heterocycles. The van der Waals surface area contributed by atoms with Crippen LogP contribution in [0.4, 0.5) is 0 Å². The maximum atomic E-state index is 13.3. The normalized spacial score (nSPS) is 12.2. The summed E-state index contributed by atoms with van der Waals surface area (Å²) in [5, 5.41) is 7.90. The molecule has 1 aromatic carbocycles. The summed E-state index contributed by atoms with van der Waals surface area (Å²) in [5.41, 5.74) is 2.09. The van der Waals surface area contributed by atoms with Crippen LogP contribution in [0.1, 0.15) is 19.4 Å². The second-order valence-corrected chi connectivity index (χ2v) is 10.2. The zero-order valence-corrected chi connectivity index (χ0v) is 19.8. The Kier molecular flexibility index (Phi) is 6.89. The van der Waals surface area contributed by atoms with E-state index < -0.39 is 0 Å². The van der Waals surface area contributed by atoms with E-state index >= 15 is 0 Å². The molecule has 3 heterocycles. The third-order valence-electron chi connectivity index (χ3n) is 4.97. The maximum Gasteiger partial charge on any atom is 0.263 e. The Morgan fingerprint density at radius 2 is 2.00 bits per heavy atom. The quantitative estimate of drug-likeness (QED) is 0.290. The van der Waals surface area contributed by atoms with Crippen LogP contribution in [-0.4, -0.2) is 27.3 Å². The largest absolute Gasteiger partial charge is 0.355 e. The lowest BCUT2D eigenvalue weighted by molar-refractivity contribution is -0.120. The number of amides is 1. The second-order valence-electron chi connectivity index (χ2n) is 7.04. The first-order valence-electron chi connectivity index (χ1n) is 10.1. The second kappa shape index (κ2) is 9.80. The van der Waals surface area contributed by atoms with Gasteiger partial charge in [-0.1, -0.05) is 48.2 Å². The monoisotopic (exact) mass is 469 g/mol. The van der Waals surface area contributed by atoms with Crippen molar-refractivity contribution in [3.05, 3.63) is 69.1 Å². The fourth-order valence-electron chi connectivity index (χ4n) is 3.32. The molecule has 0 fully saturated rings. The van der Waals surface area contributed by atoms with Gasteiger partial charge in [-0.3, -0.25) is 14.2 Å². The standard InChI is InChI=1S/C23H23N3O2S3/c1-3-26-22(28)19-17(18-10-7-13-29-18)14-30-21(19)25-23(26)31-15(2)20(27)24-12-11-16-8-5-4-6-9-16/h4-10,13-15H,3,11-12H2,1-2H3,(H,24,27). The number of nitrogens with zero attached hydrogens (tertiary/aromatic N) is 2. The Balaban J connectivity index is 1.51. The molecule has 0 spiro atoms. The highest BCUT2D eigenvalue weighted by Gasteiger charge is 2.21. The van der Waals surface area contributed by atoms with Crippen molar-refractivity contribution in [2.75, 3.05) is 6.54 Å². The van der Waals surface area contributed by atoms with Crippen molar-refractivity contribution in [2.24, 2.45) is 0 Å². The lowest BCUT2D eigenvalue weighted by Crippen LogP contribution is -2.33. The van der Waals surface area contributed by atoms with Gasteiger partial charge in [0.25, 0.3) is 5.56 Å². The molecule has 5 nitrogen and oxygen atoms in total. The van der Waals surface area contributed by atoms with Crippen LogP contribution in [0.25, 0.3) is 20.7 Å². The van der Waals surface area contributed by atoms with E-state index in [4.69, 9.17) is 4.98 Å².